The zero-order chi connectivity index (χ0) is 6.69. The lowest BCUT2D eigenvalue weighted by Gasteiger charge is -2.24. The van der Waals surface area contributed by atoms with Crippen LogP contribution in [-0.4, -0.2) is 25.0 Å². The summed E-state index contributed by atoms with van der Waals surface area (Å²) in [4.78, 5) is 2.22. The molecule has 1 heterocycles. The summed E-state index contributed by atoms with van der Waals surface area (Å²) < 4.78 is 0. The zero-order valence-corrected chi connectivity index (χ0v) is 5.80. The molecule has 0 spiro atoms. The molecule has 0 amide bonds. The fourth-order valence-electron chi connectivity index (χ4n) is 1.27. The summed E-state index contributed by atoms with van der Waals surface area (Å²) in [5.74, 6) is 0.295. The van der Waals surface area contributed by atoms with Crippen LogP contribution >= 0.6 is 0 Å². The molecule has 1 aliphatic heterocycles. The number of hydrogen-bond donors (Lipinski definition) is 0. The molecule has 1 saturated heterocycles. The number of likely N-dealkylation sites (tertiary alicyclic amines) is 1. The Morgan fingerprint density at radius 1 is 1.67 bits per heavy atom. The average Bonchev–Trinajstić information content (AvgIpc) is 1.88. The van der Waals surface area contributed by atoms with Gasteiger partial charge in [-0.1, -0.05) is 0 Å². The van der Waals surface area contributed by atoms with E-state index < -0.39 is 0 Å². The standard InChI is InChI=1S/C7H12N2/c1-9-4-2-3-7(5-8)6-9/h7H,2-4,6H2,1H3/t7-/m1/s1. The first-order chi connectivity index (χ1) is 4.33. The summed E-state index contributed by atoms with van der Waals surface area (Å²) in [5, 5.41) is 8.53. The highest BCUT2D eigenvalue weighted by Crippen LogP contribution is 2.12. The van der Waals surface area contributed by atoms with Crippen LogP contribution in [0, 0.1) is 17.2 Å². The Morgan fingerprint density at radius 2 is 2.44 bits per heavy atom. The minimum atomic E-state index is 0.295. The summed E-state index contributed by atoms with van der Waals surface area (Å²) in [6, 6.07) is 2.29. The summed E-state index contributed by atoms with van der Waals surface area (Å²) in [6.07, 6.45) is 2.29. The lowest BCUT2D eigenvalue weighted by Crippen LogP contribution is -2.31. The lowest BCUT2D eigenvalue weighted by atomic mass is 10.0. The van der Waals surface area contributed by atoms with Crippen LogP contribution in [0.1, 0.15) is 12.8 Å². The third-order valence-electron chi connectivity index (χ3n) is 1.81. The largest absolute Gasteiger partial charge is 0.305 e. The smallest absolute Gasteiger partial charge is 0.0669 e. The van der Waals surface area contributed by atoms with Crippen molar-refractivity contribution in [1.29, 1.82) is 5.26 Å². The molecule has 0 aromatic carbocycles. The van der Waals surface area contributed by atoms with Crippen LogP contribution in [-0.2, 0) is 0 Å². The van der Waals surface area contributed by atoms with Crippen LogP contribution < -0.4 is 0 Å². The zero-order valence-electron chi connectivity index (χ0n) is 5.80. The van der Waals surface area contributed by atoms with E-state index in [4.69, 9.17) is 5.26 Å². The Labute approximate surface area is 56.1 Å². The summed E-state index contributed by atoms with van der Waals surface area (Å²) in [7, 11) is 2.07. The SMILES string of the molecule is CN1CCC[C@H](C#N)C1. The van der Waals surface area contributed by atoms with E-state index in [0.717, 1.165) is 19.5 Å². The van der Waals surface area contributed by atoms with Crippen molar-refractivity contribution < 1.29 is 0 Å². The molecular formula is C7H12N2. The van der Waals surface area contributed by atoms with E-state index in [1.807, 2.05) is 0 Å². The molecule has 1 aliphatic rings. The minimum Gasteiger partial charge on any atom is -0.305 e. The fourth-order valence-corrected chi connectivity index (χ4v) is 1.27. The fraction of sp³-hybridized carbons (Fsp3) is 0.857. The van der Waals surface area contributed by atoms with Crippen LogP contribution in [0.3, 0.4) is 0 Å². The van der Waals surface area contributed by atoms with Gasteiger partial charge >= 0.3 is 0 Å². The highest BCUT2D eigenvalue weighted by molar-refractivity contribution is 4.87. The molecule has 0 aromatic heterocycles. The summed E-state index contributed by atoms with van der Waals surface area (Å²) in [6.45, 7) is 2.13. The van der Waals surface area contributed by atoms with Crippen LogP contribution in [0.25, 0.3) is 0 Å². The number of nitriles is 1. The molecule has 0 saturated carbocycles. The molecule has 0 N–H and O–H groups in total. The maximum absolute atomic E-state index is 8.53. The first-order valence-electron chi connectivity index (χ1n) is 3.41. The van der Waals surface area contributed by atoms with Gasteiger partial charge in [0.1, 0.15) is 0 Å². The summed E-state index contributed by atoms with van der Waals surface area (Å²) >= 11 is 0. The molecular weight excluding hydrogens is 112 g/mol. The Morgan fingerprint density at radius 3 is 2.89 bits per heavy atom. The Bertz CT molecular complexity index is 125. The van der Waals surface area contributed by atoms with E-state index in [1.54, 1.807) is 0 Å². The molecule has 2 nitrogen and oxygen atoms in total. The van der Waals surface area contributed by atoms with E-state index in [2.05, 4.69) is 18.0 Å². The molecule has 0 aliphatic carbocycles. The van der Waals surface area contributed by atoms with Gasteiger partial charge in [0.05, 0.1) is 12.0 Å². The van der Waals surface area contributed by atoms with E-state index in [-0.39, 0.29) is 0 Å². The van der Waals surface area contributed by atoms with Crippen molar-refractivity contribution in [3.8, 4) is 6.07 Å². The quantitative estimate of drug-likeness (QED) is 0.478. The predicted molar refractivity (Wildman–Crippen MR) is 35.8 cm³/mol. The molecule has 0 bridgehead atoms. The molecule has 1 fully saturated rings. The molecule has 2 heteroatoms. The molecule has 0 unspecified atom stereocenters. The van der Waals surface area contributed by atoms with E-state index in [9.17, 15) is 0 Å². The number of piperidine rings is 1. The van der Waals surface area contributed by atoms with E-state index >= 15 is 0 Å². The second-order valence-corrected chi connectivity index (χ2v) is 2.73. The van der Waals surface area contributed by atoms with Gasteiger partial charge in [-0.3, -0.25) is 0 Å². The first-order valence-corrected chi connectivity index (χ1v) is 3.41. The van der Waals surface area contributed by atoms with Crippen molar-refractivity contribution >= 4 is 0 Å². The van der Waals surface area contributed by atoms with Crippen LogP contribution in [0.5, 0.6) is 0 Å². The molecule has 9 heavy (non-hydrogen) atoms. The highest BCUT2D eigenvalue weighted by atomic mass is 15.1. The molecule has 0 aromatic rings. The van der Waals surface area contributed by atoms with Gasteiger partial charge in [-0.15, -0.1) is 0 Å². The number of hydrogen-bond acceptors (Lipinski definition) is 2. The molecule has 1 rings (SSSR count). The third-order valence-corrected chi connectivity index (χ3v) is 1.81. The average molecular weight is 124 g/mol. The monoisotopic (exact) mass is 124 g/mol. The maximum atomic E-state index is 8.53. The molecule has 0 radical (unpaired) electrons. The topological polar surface area (TPSA) is 27.0 Å². The van der Waals surface area contributed by atoms with Crippen molar-refractivity contribution in [1.82, 2.24) is 4.90 Å². The van der Waals surface area contributed by atoms with Crippen LogP contribution in [0.4, 0.5) is 0 Å². The number of rotatable bonds is 0. The number of nitrogens with zero attached hydrogens (tertiary/aromatic N) is 2. The summed E-state index contributed by atoms with van der Waals surface area (Å²) in [5.41, 5.74) is 0. The lowest BCUT2D eigenvalue weighted by molar-refractivity contribution is 0.241. The van der Waals surface area contributed by atoms with Gasteiger partial charge in [0.25, 0.3) is 0 Å². The van der Waals surface area contributed by atoms with Gasteiger partial charge < -0.3 is 4.90 Å². The Kier molecular flexibility index (Phi) is 2.07. The Hall–Kier alpha value is -0.550. The van der Waals surface area contributed by atoms with Gasteiger partial charge in [0, 0.05) is 6.54 Å². The maximum Gasteiger partial charge on any atom is 0.0669 e. The third kappa shape index (κ3) is 1.69. The van der Waals surface area contributed by atoms with Crippen molar-refractivity contribution in [2.75, 3.05) is 20.1 Å². The van der Waals surface area contributed by atoms with Crippen LogP contribution in [0.2, 0.25) is 0 Å². The van der Waals surface area contributed by atoms with Crippen molar-refractivity contribution in [2.24, 2.45) is 5.92 Å². The second-order valence-electron chi connectivity index (χ2n) is 2.73. The van der Waals surface area contributed by atoms with Gasteiger partial charge in [-0.2, -0.15) is 5.26 Å². The van der Waals surface area contributed by atoms with Gasteiger partial charge in [0.2, 0.25) is 0 Å². The highest BCUT2D eigenvalue weighted by Gasteiger charge is 2.15. The first kappa shape index (κ1) is 6.57. The van der Waals surface area contributed by atoms with Gasteiger partial charge in [0.15, 0.2) is 0 Å². The molecule has 1 atom stereocenters. The minimum absolute atomic E-state index is 0.295. The predicted octanol–water partition coefficient (Wildman–Crippen LogP) is 0.852. The van der Waals surface area contributed by atoms with Gasteiger partial charge in [-0.05, 0) is 26.4 Å². The van der Waals surface area contributed by atoms with Crippen LogP contribution in [0.15, 0.2) is 0 Å². The Balaban J connectivity index is 2.34. The van der Waals surface area contributed by atoms with E-state index in [1.165, 1.54) is 6.42 Å². The van der Waals surface area contributed by atoms with Crippen molar-refractivity contribution in [3.63, 3.8) is 0 Å². The molecule has 50 valence electrons. The normalized spacial score (nSPS) is 29.6. The van der Waals surface area contributed by atoms with Crippen molar-refractivity contribution in [2.45, 2.75) is 12.8 Å². The van der Waals surface area contributed by atoms with E-state index in [0.29, 0.717) is 5.92 Å². The van der Waals surface area contributed by atoms with Gasteiger partial charge in [-0.25, -0.2) is 0 Å². The van der Waals surface area contributed by atoms with Crippen molar-refractivity contribution in [3.05, 3.63) is 0 Å². The second kappa shape index (κ2) is 2.84.